The highest BCUT2D eigenvalue weighted by Gasteiger charge is 2.42. The second-order valence-corrected chi connectivity index (χ2v) is 23.3. The third-order valence-electron chi connectivity index (χ3n) is 4.08. The fraction of sp³-hybridized carbons (Fsp3) is 1.00. The molecule has 9 heteroatoms. The first-order chi connectivity index (χ1) is 14.1. The lowest BCUT2D eigenvalue weighted by molar-refractivity contribution is -0.106. The number of unbranched alkanes of at least 4 members (excludes halogenated alkanes) is 1. The van der Waals surface area contributed by atoms with Crippen LogP contribution in [0.25, 0.3) is 0 Å². The van der Waals surface area contributed by atoms with E-state index in [1.54, 1.807) is 0 Å². The smallest absolute Gasteiger partial charge is 0.326 e. The van der Waals surface area contributed by atoms with Gasteiger partial charge in [0.2, 0.25) is 0 Å². The first kappa shape index (κ1) is 37.9. The zero-order valence-electron chi connectivity index (χ0n) is 22.4. The lowest BCUT2D eigenvalue weighted by atomic mass is 10.3. The van der Waals surface area contributed by atoms with Crippen molar-refractivity contribution in [2.75, 3.05) is 33.0 Å². The maximum atomic E-state index is 6.58. The van der Waals surface area contributed by atoms with E-state index < -0.39 is 31.0 Å². The maximum absolute atomic E-state index is 6.58. The Bertz CT molecular complexity index is 466. The van der Waals surface area contributed by atoms with E-state index in [1.807, 2.05) is 20.8 Å². The highest BCUT2D eigenvalue weighted by molar-refractivity contribution is 6.82. The molecule has 0 aromatic rings. The van der Waals surface area contributed by atoms with E-state index in [2.05, 4.69) is 52.8 Å². The van der Waals surface area contributed by atoms with Gasteiger partial charge in [-0.3, -0.25) is 0 Å². The van der Waals surface area contributed by atoms with Gasteiger partial charge in [-0.1, -0.05) is 28.2 Å². The fourth-order valence-electron chi connectivity index (χ4n) is 3.49. The van der Waals surface area contributed by atoms with E-state index in [0.29, 0.717) is 26.4 Å². The standard InChI is InChI=1S/C22H52O6Si3.2CH4/c1-12-13-16-25-21(2)20-24-18-17-23-15-14-19-31(11,28-30(8,9)10)27-22(3,4)26-29(5,6)7;;/h21H,12-20H2,1-11H3;2*1H4. The summed E-state index contributed by atoms with van der Waals surface area (Å²) in [5.41, 5.74) is 0. The third kappa shape index (κ3) is 23.9. The Balaban J connectivity index is -0.00000450. The lowest BCUT2D eigenvalue weighted by Gasteiger charge is -2.42. The van der Waals surface area contributed by atoms with Crippen LogP contribution in [0.2, 0.25) is 51.9 Å². The molecule has 0 N–H and O–H groups in total. The molecule has 6 nitrogen and oxygen atoms in total. The minimum absolute atomic E-state index is 0. The first-order valence-electron chi connectivity index (χ1n) is 12.0. The summed E-state index contributed by atoms with van der Waals surface area (Å²) in [6, 6.07) is 0.888. The van der Waals surface area contributed by atoms with Gasteiger partial charge in [0.15, 0.2) is 16.6 Å². The van der Waals surface area contributed by atoms with Gasteiger partial charge in [0.25, 0.3) is 0 Å². The number of hydrogen-bond acceptors (Lipinski definition) is 6. The van der Waals surface area contributed by atoms with Crippen LogP contribution in [0.5, 0.6) is 0 Å². The molecule has 0 saturated heterocycles. The molecule has 0 saturated carbocycles. The first-order valence-corrected chi connectivity index (χ1v) is 21.3. The molecule has 0 rings (SSSR count). The average molecular weight is 529 g/mol. The highest BCUT2D eigenvalue weighted by Crippen LogP contribution is 2.29. The second-order valence-electron chi connectivity index (χ2n) is 10.9. The maximum Gasteiger partial charge on any atom is 0.326 e. The molecule has 0 aromatic carbocycles. The molecule has 0 radical (unpaired) electrons. The molecule has 0 aromatic heterocycles. The molecule has 0 spiro atoms. The molecule has 33 heavy (non-hydrogen) atoms. The molecule has 0 bridgehead atoms. The monoisotopic (exact) mass is 528 g/mol. The molecule has 2 unspecified atom stereocenters. The van der Waals surface area contributed by atoms with Crippen molar-refractivity contribution in [3.63, 3.8) is 0 Å². The summed E-state index contributed by atoms with van der Waals surface area (Å²) in [7, 11) is -5.86. The summed E-state index contributed by atoms with van der Waals surface area (Å²) in [5.74, 6) is -0.629. The predicted molar refractivity (Wildman–Crippen MR) is 150 cm³/mol. The summed E-state index contributed by atoms with van der Waals surface area (Å²) in [6.45, 7) is 26.9. The predicted octanol–water partition coefficient (Wildman–Crippen LogP) is 7.41. The minimum Gasteiger partial charge on any atom is -0.436 e. The summed E-state index contributed by atoms with van der Waals surface area (Å²) >= 11 is 0. The van der Waals surface area contributed by atoms with E-state index in [9.17, 15) is 0 Å². The van der Waals surface area contributed by atoms with Crippen LogP contribution in [0.4, 0.5) is 0 Å². The van der Waals surface area contributed by atoms with E-state index in [1.165, 1.54) is 0 Å². The van der Waals surface area contributed by atoms with Crippen molar-refractivity contribution in [2.24, 2.45) is 0 Å². The van der Waals surface area contributed by atoms with Gasteiger partial charge in [-0.15, -0.1) is 0 Å². The van der Waals surface area contributed by atoms with Gasteiger partial charge >= 0.3 is 8.56 Å². The number of rotatable bonds is 19. The molecule has 0 fully saturated rings. The molecule has 2 atom stereocenters. The van der Waals surface area contributed by atoms with Crippen molar-refractivity contribution < 1.29 is 27.2 Å². The van der Waals surface area contributed by atoms with Crippen LogP contribution in [-0.2, 0) is 27.2 Å². The Labute approximate surface area is 210 Å². The SMILES string of the molecule is C.C.CCCCOC(C)COCCOCCC[Si](C)(OC(C)(C)O[Si](C)(C)C)O[Si](C)(C)C. The minimum atomic E-state index is -2.40. The molecular formula is C24H60O6Si3. The van der Waals surface area contributed by atoms with Gasteiger partial charge in [0.05, 0.1) is 25.9 Å². The van der Waals surface area contributed by atoms with Crippen molar-refractivity contribution in [3.8, 4) is 0 Å². The number of ether oxygens (including phenoxy) is 3. The largest absolute Gasteiger partial charge is 0.436 e. The van der Waals surface area contributed by atoms with E-state index >= 15 is 0 Å². The molecule has 204 valence electrons. The quantitative estimate of drug-likeness (QED) is 0.0988. The van der Waals surface area contributed by atoms with E-state index in [4.69, 9.17) is 27.2 Å². The lowest BCUT2D eigenvalue weighted by Crippen LogP contribution is -2.54. The Kier molecular flexibility index (Phi) is 20.4. The van der Waals surface area contributed by atoms with Gasteiger partial charge < -0.3 is 27.2 Å². The van der Waals surface area contributed by atoms with Crippen LogP contribution in [-0.4, -0.2) is 70.1 Å². The molecule has 0 aliphatic heterocycles. The van der Waals surface area contributed by atoms with Crippen molar-refractivity contribution in [2.45, 2.75) is 126 Å². The van der Waals surface area contributed by atoms with E-state index in [-0.39, 0.29) is 21.0 Å². The van der Waals surface area contributed by atoms with Crippen LogP contribution in [0, 0.1) is 0 Å². The summed E-state index contributed by atoms with van der Waals surface area (Å²) in [6.07, 6.45) is 3.30. The fourth-order valence-corrected chi connectivity index (χ4v) is 12.8. The highest BCUT2D eigenvalue weighted by atomic mass is 28.4. The van der Waals surface area contributed by atoms with Crippen molar-refractivity contribution in [1.82, 2.24) is 0 Å². The van der Waals surface area contributed by atoms with Crippen molar-refractivity contribution in [3.05, 3.63) is 0 Å². The molecule has 0 aliphatic rings. The van der Waals surface area contributed by atoms with Crippen LogP contribution < -0.4 is 0 Å². The third-order valence-corrected chi connectivity index (χ3v) is 11.5. The zero-order valence-corrected chi connectivity index (χ0v) is 25.4. The van der Waals surface area contributed by atoms with Gasteiger partial charge in [-0.2, -0.15) is 0 Å². The van der Waals surface area contributed by atoms with Crippen LogP contribution in [0.1, 0.15) is 61.8 Å². The summed E-state index contributed by atoms with van der Waals surface area (Å²) in [5, 5.41) is 0. The van der Waals surface area contributed by atoms with Crippen LogP contribution in [0.15, 0.2) is 0 Å². The Hall–Kier alpha value is 0.411. The molecule has 0 heterocycles. The van der Waals surface area contributed by atoms with Gasteiger partial charge in [0, 0.05) is 13.2 Å². The molecule has 0 amide bonds. The van der Waals surface area contributed by atoms with Gasteiger partial charge in [-0.05, 0) is 85.5 Å². The topological polar surface area (TPSA) is 55.4 Å². The van der Waals surface area contributed by atoms with Crippen LogP contribution >= 0.6 is 0 Å². The van der Waals surface area contributed by atoms with Crippen molar-refractivity contribution >= 4 is 25.2 Å². The molecular weight excluding hydrogens is 469 g/mol. The van der Waals surface area contributed by atoms with E-state index in [0.717, 1.165) is 31.9 Å². The molecule has 0 aliphatic carbocycles. The second kappa shape index (κ2) is 17.8. The summed E-state index contributed by atoms with van der Waals surface area (Å²) in [4.78, 5) is 0. The normalized spacial score (nSPS) is 15.4. The zero-order chi connectivity index (χ0) is 24.2. The number of hydrogen-bond donors (Lipinski definition) is 0. The Morgan fingerprint density at radius 2 is 1.30 bits per heavy atom. The Morgan fingerprint density at radius 3 is 1.82 bits per heavy atom. The Morgan fingerprint density at radius 1 is 0.727 bits per heavy atom. The van der Waals surface area contributed by atoms with Crippen molar-refractivity contribution in [1.29, 1.82) is 0 Å². The average Bonchev–Trinajstić information content (AvgIpc) is 2.52. The van der Waals surface area contributed by atoms with Gasteiger partial charge in [-0.25, -0.2) is 0 Å². The summed E-state index contributed by atoms with van der Waals surface area (Å²) < 4.78 is 36.5. The van der Waals surface area contributed by atoms with Crippen LogP contribution in [0.3, 0.4) is 0 Å². The van der Waals surface area contributed by atoms with Gasteiger partial charge in [0.1, 0.15) is 5.79 Å².